The fraction of sp³-hybridized carbons (Fsp3) is 0.933. The number of amides is 1. The predicted octanol–water partition coefficient (Wildman–Crippen LogP) is 1.82. The normalized spacial score (nSPS) is 25.5. The van der Waals surface area contributed by atoms with Crippen molar-refractivity contribution in [2.75, 3.05) is 26.2 Å². The van der Waals surface area contributed by atoms with Gasteiger partial charge in [0.2, 0.25) is 0 Å². The summed E-state index contributed by atoms with van der Waals surface area (Å²) in [6.07, 6.45) is 0.520. The van der Waals surface area contributed by atoms with E-state index >= 15 is 0 Å². The third-order valence-electron chi connectivity index (χ3n) is 3.95. The van der Waals surface area contributed by atoms with Crippen molar-refractivity contribution in [3.05, 3.63) is 0 Å². The molecular weight excluding hydrogens is 254 g/mol. The topological polar surface area (TPSA) is 67.6 Å². The Bertz CT molecular complexity index is 305. The Morgan fingerprint density at radius 2 is 1.90 bits per heavy atom. The second-order valence-corrected chi connectivity index (χ2v) is 7.02. The lowest BCUT2D eigenvalue weighted by Gasteiger charge is -2.27. The molecule has 0 saturated carbocycles. The highest BCUT2D eigenvalue weighted by atomic mass is 16.6. The Balaban J connectivity index is 2.30. The third kappa shape index (κ3) is 5.67. The van der Waals surface area contributed by atoms with Crippen LogP contribution in [0.4, 0.5) is 4.79 Å². The molecule has 0 radical (unpaired) electrons. The first kappa shape index (κ1) is 17.2. The summed E-state index contributed by atoms with van der Waals surface area (Å²) in [6.45, 7) is 13.6. The smallest absolute Gasteiger partial charge is 0.407 e. The fourth-order valence-electron chi connectivity index (χ4n) is 2.58. The van der Waals surface area contributed by atoms with E-state index in [0.29, 0.717) is 19.1 Å². The Labute approximate surface area is 123 Å². The summed E-state index contributed by atoms with van der Waals surface area (Å²) in [5.41, 5.74) is 5.43. The summed E-state index contributed by atoms with van der Waals surface area (Å²) in [6, 6.07) is 0.345. The van der Waals surface area contributed by atoms with Gasteiger partial charge in [-0.15, -0.1) is 0 Å². The molecule has 0 bridgehead atoms. The van der Waals surface area contributed by atoms with Crippen LogP contribution in [-0.2, 0) is 4.74 Å². The average molecular weight is 285 g/mol. The Hall–Kier alpha value is -0.810. The summed E-state index contributed by atoms with van der Waals surface area (Å²) in [5.74, 6) is 1.45. The maximum absolute atomic E-state index is 11.6. The number of hydrogen-bond acceptors (Lipinski definition) is 4. The molecular formula is C15H31N3O2. The average Bonchev–Trinajstić information content (AvgIpc) is 2.62. The minimum atomic E-state index is -0.447. The van der Waals surface area contributed by atoms with E-state index in [1.54, 1.807) is 0 Å². The highest BCUT2D eigenvalue weighted by molar-refractivity contribution is 5.67. The van der Waals surface area contributed by atoms with Crippen LogP contribution >= 0.6 is 0 Å². The van der Waals surface area contributed by atoms with Crippen LogP contribution in [-0.4, -0.2) is 48.8 Å². The molecule has 0 aliphatic carbocycles. The van der Waals surface area contributed by atoms with E-state index in [1.165, 1.54) is 0 Å². The van der Waals surface area contributed by atoms with Gasteiger partial charge in [-0.05, 0) is 39.0 Å². The van der Waals surface area contributed by atoms with Crippen molar-refractivity contribution in [2.24, 2.45) is 17.6 Å². The molecule has 1 aliphatic heterocycles. The summed E-state index contributed by atoms with van der Waals surface area (Å²) in [7, 11) is 0. The third-order valence-corrected chi connectivity index (χ3v) is 3.95. The highest BCUT2D eigenvalue weighted by Crippen LogP contribution is 2.24. The maximum atomic E-state index is 11.6. The molecule has 0 spiro atoms. The van der Waals surface area contributed by atoms with Crippen molar-refractivity contribution in [3.63, 3.8) is 0 Å². The van der Waals surface area contributed by atoms with Crippen LogP contribution < -0.4 is 11.1 Å². The van der Waals surface area contributed by atoms with Crippen LogP contribution in [0.25, 0.3) is 0 Å². The lowest BCUT2D eigenvalue weighted by atomic mass is 10.0. The first-order valence-corrected chi connectivity index (χ1v) is 7.64. The number of alkyl carbamates (subject to hydrolysis) is 1. The van der Waals surface area contributed by atoms with Gasteiger partial charge in [0.25, 0.3) is 0 Å². The van der Waals surface area contributed by atoms with Gasteiger partial charge in [0.05, 0.1) is 0 Å². The van der Waals surface area contributed by atoms with Crippen molar-refractivity contribution in [2.45, 2.75) is 52.7 Å². The minimum Gasteiger partial charge on any atom is -0.444 e. The van der Waals surface area contributed by atoms with Crippen LogP contribution in [0.5, 0.6) is 0 Å². The summed E-state index contributed by atoms with van der Waals surface area (Å²) >= 11 is 0. The number of carbonyl (C=O) groups excluding carboxylic acids is 1. The zero-order chi connectivity index (χ0) is 15.3. The molecule has 1 saturated heterocycles. The summed E-state index contributed by atoms with van der Waals surface area (Å²) in [4.78, 5) is 14.0. The quantitative estimate of drug-likeness (QED) is 0.808. The zero-order valence-electron chi connectivity index (χ0n) is 13.6. The van der Waals surface area contributed by atoms with E-state index in [1.807, 2.05) is 20.8 Å². The molecule has 5 heteroatoms. The zero-order valence-corrected chi connectivity index (χ0v) is 13.6. The van der Waals surface area contributed by atoms with Crippen molar-refractivity contribution in [1.82, 2.24) is 10.2 Å². The number of ether oxygens (including phenoxy) is 1. The second-order valence-electron chi connectivity index (χ2n) is 7.02. The first-order valence-electron chi connectivity index (χ1n) is 7.64. The van der Waals surface area contributed by atoms with Gasteiger partial charge in [0, 0.05) is 32.2 Å². The maximum Gasteiger partial charge on any atom is 0.407 e. The van der Waals surface area contributed by atoms with Gasteiger partial charge in [0.1, 0.15) is 5.60 Å². The monoisotopic (exact) mass is 285 g/mol. The van der Waals surface area contributed by atoms with Gasteiger partial charge in [-0.3, -0.25) is 4.90 Å². The Morgan fingerprint density at radius 3 is 2.35 bits per heavy atom. The van der Waals surface area contributed by atoms with E-state index < -0.39 is 5.60 Å². The molecule has 1 aliphatic rings. The molecule has 0 aromatic heterocycles. The van der Waals surface area contributed by atoms with E-state index in [2.05, 4.69) is 24.1 Å². The number of carbonyl (C=O) groups is 1. The molecule has 118 valence electrons. The molecule has 0 aromatic rings. The van der Waals surface area contributed by atoms with E-state index in [-0.39, 0.29) is 6.09 Å². The molecule has 20 heavy (non-hydrogen) atoms. The molecule has 1 amide bonds. The lowest BCUT2D eigenvalue weighted by molar-refractivity contribution is 0.0522. The van der Waals surface area contributed by atoms with Crippen molar-refractivity contribution >= 4 is 6.09 Å². The van der Waals surface area contributed by atoms with Crippen LogP contribution in [0.1, 0.15) is 41.0 Å². The summed E-state index contributed by atoms with van der Waals surface area (Å²) < 4.78 is 5.22. The Kier molecular flexibility index (Phi) is 6.27. The predicted molar refractivity (Wildman–Crippen MR) is 81.6 cm³/mol. The van der Waals surface area contributed by atoms with E-state index in [4.69, 9.17) is 10.5 Å². The SMILES string of the molecule is CC1CN(C(CN)CCNC(=O)OC(C)(C)C)CC1C. The van der Waals surface area contributed by atoms with Crippen LogP contribution in [0.2, 0.25) is 0 Å². The Morgan fingerprint density at radius 1 is 1.35 bits per heavy atom. The molecule has 5 nitrogen and oxygen atoms in total. The van der Waals surface area contributed by atoms with E-state index in [0.717, 1.165) is 31.3 Å². The molecule has 3 atom stereocenters. The molecule has 1 heterocycles. The van der Waals surface area contributed by atoms with Crippen molar-refractivity contribution in [1.29, 1.82) is 0 Å². The lowest BCUT2D eigenvalue weighted by Crippen LogP contribution is -2.42. The van der Waals surface area contributed by atoms with Gasteiger partial charge in [-0.25, -0.2) is 4.79 Å². The van der Waals surface area contributed by atoms with Gasteiger partial charge >= 0.3 is 6.09 Å². The van der Waals surface area contributed by atoms with E-state index in [9.17, 15) is 4.79 Å². The first-order chi connectivity index (χ1) is 9.23. The van der Waals surface area contributed by atoms with Crippen molar-refractivity contribution in [3.8, 4) is 0 Å². The van der Waals surface area contributed by atoms with Gasteiger partial charge in [-0.2, -0.15) is 0 Å². The van der Waals surface area contributed by atoms with Gasteiger partial charge in [-0.1, -0.05) is 13.8 Å². The number of nitrogens with one attached hydrogen (secondary N) is 1. The van der Waals surface area contributed by atoms with Crippen LogP contribution in [0.3, 0.4) is 0 Å². The number of hydrogen-bond donors (Lipinski definition) is 2. The molecule has 3 unspecified atom stereocenters. The van der Waals surface area contributed by atoms with Gasteiger partial charge in [0.15, 0.2) is 0 Å². The highest BCUT2D eigenvalue weighted by Gasteiger charge is 2.30. The number of rotatable bonds is 5. The van der Waals surface area contributed by atoms with Crippen LogP contribution in [0.15, 0.2) is 0 Å². The standard InChI is InChI=1S/C15H31N3O2/c1-11-9-18(10-12(11)2)13(8-16)6-7-17-14(19)20-15(3,4)5/h11-13H,6-10,16H2,1-5H3,(H,17,19). The van der Waals surface area contributed by atoms with Gasteiger partial charge < -0.3 is 15.8 Å². The largest absolute Gasteiger partial charge is 0.444 e. The molecule has 0 aromatic carbocycles. The minimum absolute atomic E-state index is 0.345. The number of likely N-dealkylation sites (tertiary alicyclic amines) is 1. The number of nitrogens with two attached hydrogens (primary N) is 1. The molecule has 1 fully saturated rings. The van der Waals surface area contributed by atoms with Crippen LogP contribution in [0, 0.1) is 11.8 Å². The number of nitrogens with zero attached hydrogens (tertiary/aromatic N) is 1. The molecule has 1 rings (SSSR count). The van der Waals surface area contributed by atoms with Crippen molar-refractivity contribution < 1.29 is 9.53 Å². The fourth-order valence-corrected chi connectivity index (χ4v) is 2.58. The molecule has 3 N–H and O–H groups in total. The second kappa shape index (κ2) is 7.27. The summed E-state index contributed by atoms with van der Waals surface area (Å²) in [5, 5.41) is 2.81.